The third-order valence-electron chi connectivity index (χ3n) is 4.70. The van der Waals surface area contributed by atoms with Gasteiger partial charge in [-0.25, -0.2) is 0 Å². The molecular weight excluding hydrogens is 182 g/mol. The van der Waals surface area contributed by atoms with Crippen molar-refractivity contribution in [2.24, 2.45) is 11.3 Å². The highest BCUT2D eigenvalue weighted by Crippen LogP contribution is 2.66. The molecule has 2 saturated carbocycles. The van der Waals surface area contributed by atoms with Crippen LogP contribution in [0.15, 0.2) is 0 Å². The van der Waals surface area contributed by atoms with Crippen molar-refractivity contribution in [2.75, 3.05) is 7.05 Å². The van der Waals surface area contributed by atoms with E-state index in [0.29, 0.717) is 12.5 Å². The van der Waals surface area contributed by atoms with Gasteiger partial charge in [0, 0.05) is 17.5 Å². The van der Waals surface area contributed by atoms with Gasteiger partial charge in [0.15, 0.2) is 0 Å². The van der Waals surface area contributed by atoms with Crippen LogP contribution in [0.1, 0.15) is 19.3 Å². The van der Waals surface area contributed by atoms with Gasteiger partial charge in [-0.05, 0) is 26.3 Å². The Morgan fingerprint density at radius 1 is 1.57 bits per heavy atom. The molecule has 3 aliphatic rings. The van der Waals surface area contributed by atoms with E-state index in [-0.39, 0.29) is 11.5 Å². The first-order valence-electron chi connectivity index (χ1n) is 5.21. The predicted octanol–water partition coefficient (Wildman–Crippen LogP) is -0.0854. The molecule has 78 valence electrons. The number of carboxylic acids is 1. The number of aliphatic hydroxyl groups excluding tert-OH is 1. The average Bonchev–Trinajstić information content (AvgIpc) is 2.37. The lowest BCUT2D eigenvalue weighted by Crippen LogP contribution is -2.75. The molecule has 0 aromatic heterocycles. The summed E-state index contributed by atoms with van der Waals surface area (Å²) in [6.07, 6.45) is 2.34. The molecule has 0 aromatic carbocycles. The SMILES string of the molecule is CN1C2CCC23CC(O)C(C(=O)O)C13. The van der Waals surface area contributed by atoms with Crippen LogP contribution >= 0.6 is 0 Å². The number of hydrogen-bond acceptors (Lipinski definition) is 3. The average molecular weight is 197 g/mol. The van der Waals surface area contributed by atoms with Gasteiger partial charge in [-0.2, -0.15) is 0 Å². The first-order chi connectivity index (χ1) is 6.58. The smallest absolute Gasteiger partial charge is 0.310 e. The summed E-state index contributed by atoms with van der Waals surface area (Å²) in [7, 11) is 1.99. The van der Waals surface area contributed by atoms with E-state index in [9.17, 15) is 9.90 Å². The maximum absolute atomic E-state index is 11.0. The zero-order valence-electron chi connectivity index (χ0n) is 8.18. The van der Waals surface area contributed by atoms with Gasteiger partial charge in [0.05, 0.1) is 12.0 Å². The largest absolute Gasteiger partial charge is 0.481 e. The Kier molecular flexibility index (Phi) is 1.43. The van der Waals surface area contributed by atoms with Crippen LogP contribution in [0.25, 0.3) is 0 Å². The highest BCUT2D eigenvalue weighted by Gasteiger charge is 2.72. The fraction of sp³-hybridized carbons (Fsp3) is 0.900. The standard InChI is InChI=1S/C10H15NO3/c1-11-6-2-3-10(6)4-5(12)7(8(10)11)9(13)14/h5-8,12H,2-4H2,1H3,(H,13,14). The zero-order chi connectivity index (χ0) is 10.1. The first kappa shape index (κ1) is 8.68. The zero-order valence-corrected chi connectivity index (χ0v) is 8.18. The molecule has 4 nitrogen and oxygen atoms in total. The monoisotopic (exact) mass is 197 g/mol. The van der Waals surface area contributed by atoms with Gasteiger partial charge >= 0.3 is 5.97 Å². The summed E-state index contributed by atoms with van der Waals surface area (Å²) in [6.45, 7) is 0. The van der Waals surface area contributed by atoms with Gasteiger partial charge < -0.3 is 10.2 Å². The molecule has 0 aromatic rings. The van der Waals surface area contributed by atoms with Gasteiger partial charge in [-0.1, -0.05) is 0 Å². The van der Waals surface area contributed by atoms with Crippen LogP contribution in [0.5, 0.6) is 0 Å². The number of carboxylic acid groups (broad SMARTS) is 1. The highest BCUT2D eigenvalue weighted by atomic mass is 16.4. The molecule has 0 amide bonds. The molecule has 4 heteroatoms. The summed E-state index contributed by atoms with van der Waals surface area (Å²) in [5.41, 5.74) is 0.164. The van der Waals surface area contributed by atoms with E-state index >= 15 is 0 Å². The molecule has 0 radical (unpaired) electrons. The molecule has 1 saturated heterocycles. The Balaban J connectivity index is 1.93. The van der Waals surface area contributed by atoms with Gasteiger partial charge in [0.25, 0.3) is 0 Å². The lowest BCUT2D eigenvalue weighted by atomic mass is 9.53. The van der Waals surface area contributed by atoms with Crippen molar-refractivity contribution in [1.29, 1.82) is 0 Å². The number of likely N-dealkylation sites (tertiary alicyclic amines) is 1. The van der Waals surface area contributed by atoms with Crippen molar-refractivity contribution in [2.45, 2.75) is 37.5 Å². The highest BCUT2D eigenvalue weighted by molar-refractivity contribution is 5.73. The van der Waals surface area contributed by atoms with Crippen molar-refractivity contribution < 1.29 is 15.0 Å². The molecule has 1 aliphatic heterocycles. The molecule has 1 spiro atoms. The Morgan fingerprint density at radius 2 is 2.29 bits per heavy atom. The van der Waals surface area contributed by atoms with Gasteiger partial charge in [0.1, 0.15) is 0 Å². The Hall–Kier alpha value is -0.610. The topological polar surface area (TPSA) is 60.8 Å². The second kappa shape index (κ2) is 2.31. The minimum absolute atomic E-state index is 0.0914. The summed E-state index contributed by atoms with van der Waals surface area (Å²) in [4.78, 5) is 13.2. The van der Waals surface area contributed by atoms with Crippen molar-refractivity contribution in [3.05, 3.63) is 0 Å². The summed E-state index contributed by atoms with van der Waals surface area (Å²) >= 11 is 0. The molecule has 3 rings (SSSR count). The number of aliphatic hydroxyl groups is 1. The molecule has 3 fully saturated rings. The first-order valence-corrected chi connectivity index (χ1v) is 5.21. The third kappa shape index (κ3) is 0.684. The van der Waals surface area contributed by atoms with E-state index in [1.54, 1.807) is 0 Å². The summed E-state index contributed by atoms with van der Waals surface area (Å²) in [5, 5.41) is 18.8. The fourth-order valence-electron chi connectivity index (χ4n) is 4.11. The summed E-state index contributed by atoms with van der Waals surface area (Å²) in [6, 6.07) is 0.639. The quantitative estimate of drug-likeness (QED) is 0.617. The van der Waals surface area contributed by atoms with Crippen molar-refractivity contribution in [3.8, 4) is 0 Å². The lowest BCUT2D eigenvalue weighted by molar-refractivity contribution is -0.192. The van der Waals surface area contributed by atoms with E-state index in [1.807, 2.05) is 7.05 Å². The number of rotatable bonds is 1. The fourth-order valence-corrected chi connectivity index (χ4v) is 4.11. The van der Waals surface area contributed by atoms with Gasteiger partial charge in [0.2, 0.25) is 0 Å². The number of piperidine rings is 1. The van der Waals surface area contributed by atoms with Crippen LogP contribution in [-0.2, 0) is 4.79 Å². The van der Waals surface area contributed by atoms with E-state index in [4.69, 9.17) is 5.11 Å². The second-order valence-electron chi connectivity index (χ2n) is 5.03. The van der Waals surface area contributed by atoms with E-state index < -0.39 is 18.0 Å². The summed E-state index contributed by atoms with van der Waals surface area (Å²) in [5.74, 6) is -1.40. The molecule has 2 aliphatic carbocycles. The maximum atomic E-state index is 11.0. The van der Waals surface area contributed by atoms with E-state index in [1.165, 1.54) is 6.42 Å². The normalized spacial score (nSPS) is 55.6. The number of nitrogens with zero attached hydrogens (tertiary/aromatic N) is 1. The van der Waals surface area contributed by atoms with Crippen LogP contribution < -0.4 is 0 Å². The Morgan fingerprint density at radius 3 is 2.79 bits per heavy atom. The Bertz CT molecular complexity index is 306. The van der Waals surface area contributed by atoms with Crippen molar-refractivity contribution >= 4 is 5.97 Å². The van der Waals surface area contributed by atoms with E-state index in [2.05, 4.69) is 4.90 Å². The lowest BCUT2D eigenvalue weighted by Gasteiger charge is -2.67. The molecule has 5 atom stereocenters. The molecule has 0 bridgehead atoms. The van der Waals surface area contributed by atoms with Crippen LogP contribution in [0, 0.1) is 11.3 Å². The summed E-state index contributed by atoms with van der Waals surface area (Å²) < 4.78 is 0. The number of carbonyl (C=O) groups is 1. The molecule has 1 heterocycles. The van der Waals surface area contributed by atoms with Crippen LogP contribution in [0.4, 0.5) is 0 Å². The van der Waals surface area contributed by atoms with Crippen LogP contribution in [-0.4, -0.2) is 46.3 Å². The molecular formula is C10H15NO3. The number of aliphatic carboxylic acids is 1. The minimum Gasteiger partial charge on any atom is -0.481 e. The maximum Gasteiger partial charge on any atom is 0.310 e. The number of hydrogen-bond donors (Lipinski definition) is 2. The molecule has 2 N–H and O–H groups in total. The second-order valence-corrected chi connectivity index (χ2v) is 5.03. The van der Waals surface area contributed by atoms with Crippen molar-refractivity contribution in [1.82, 2.24) is 4.90 Å². The van der Waals surface area contributed by atoms with Gasteiger partial charge in [-0.3, -0.25) is 9.69 Å². The van der Waals surface area contributed by atoms with Gasteiger partial charge in [-0.15, -0.1) is 0 Å². The predicted molar refractivity (Wildman–Crippen MR) is 48.8 cm³/mol. The third-order valence-corrected chi connectivity index (χ3v) is 4.70. The van der Waals surface area contributed by atoms with Crippen LogP contribution in [0.3, 0.4) is 0 Å². The van der Waals surface area contributed by atoms with E-state index in [0.717, 1.165) is 6.42 Å². The Labute approximate surface area is 82.5 Å². The van der Waals surface area contributed by atoms with Crippen LogP contribution in [0.2, 0.25) is 0 Å². The molecule has 14 heavy (non-hydrogen) atoms. The van der Waals surface area contributed by atoms with Crippen molar-refractivity contribution in [3.63, 3.8) is 0 Å². The minimum atomic E-state index is -0.837. The molecule has 5 unspecified atom stereocenters.